The maximum Gasteiger partial charge on any atom is 1.00 e. The molecule has 6 heteroatoms. The summed E-state index contributed by atoms with van der Waals surface area (Å²) in [4.78, 5) is 10.2. The Labute approximate surface area is 147 Å². The van der Waals surface area contributed by atoms with Gasteiger partial charge in [-0.15, -0.1) is 0 Å². The number of halogens is 1. The topological polar surface area (TPSA) is 60.4 Å². The van der Waals surface area contributed by atoms with Crippen molar-refractivity contribution in [3.63, 3.8) is 0 Å². The number of hydrogen-bond donors (Lipinski definition) is 1. The molecule has 0 aliphatic carbocycles. The standard InChI is InChI=1S/C7H6O3.ClH.K.Na/c8-6-4-2-1-3-5(6)7(9)10;;;/h1-4,8H,(H,9,10);1H;;/q;;2*+1/p-2. The summed E-state index contributed by atoms with van der Waals surface area (Å²) in [5.41, 5.74) is -0.178. The van der Waals surface area contributed by atoms with Crippen LogP contribution in [0.3, 0.4) is 0 Å². The van der Waals surface area contributed by atoms with Gasteiger partial charge in [0.15, 0.2) is 0 Å². The van der Waals surface area contributed by atoms with Gasteiger partial charge in [0.25, 0.3) is 0 Å². The first-order valence-corrected chi connectivity index (χ1v) is 2.71. The fourth-order valence-corrected chi connectivity index (χ4v) is 0.646. The van der Waals surface area contributed by atoms with Crippen molar-refractivity contribution < 1.29 is 108 Å². The van der Waals surface area contributed by atoms with Crippen molar-refractivity contribution in [1.29, 1.82) is 0 Å². The van der Waals surface area contributed by atoms with E-state index < -0.39 is 5.97 Å². The normalized spacial score (nSPS) is 7.08. The van der Waals surface area contributed by atoms with Crippen molar-refractivity contribution in [1.82, 2.24) is 0 Å². The Bertz CT molecular complexity index is 270. The third kappa shape index (κ3) is 6.49. The number of carbonyl (C=O) groups excluding carboxylic acids is 1. The van der Waals surface area contributed by atoms with Crippen LogP contribution < -0.4 is 98.5 Å². The molecule has 0 fully saturated rings. The maximum atomic E-state index is 10.2. The molecule has 0 bridgehead atoms. The zero-order valence-corrected chi connectivity index (χ0v) is 13.3. The Morgan fingerprint density at radius 2 is 1.77 bits per heavy atom. The minimum absolute atomic E-state index is 0. The second-order valence-corrected chi connectivity index (χ2v) is 1.80. The van der Waals surface area contributed by atoms with Gasteiger partial charge in [-0.1, -0.05) is 12.1 Å². The fraction of sp³-hybridized carbons (Fsp3) is 0. The first-order valence-electron chi connectivity index (χ1n) is 2.71. The number of aromatic carboxylic acids is 1. The largest absolute Gasteiger partial charge is 1.00 e. The molecular formula is C7H5ClKNaO3. The first kappa shape index (κ1) is 19.9. The van der Waals surface area contributed by atoms with E-state index in [0.717, 1.165) is 0 Å². The average Bonchev–Trinajstić information content (AvgIpc) is 1.88. The number of rotatable bonds is 1. The van der Waals surface area contributed by atoms with E-state index in [0.29, 0.717) is 0 Å². The van der Waals surface area contributed by atoms with Gasteiger partial charge >= 0.3 is 80.9 Å². The van der Waals surface area contributed by atoms with E-state index >= 15 is 0 Å². The summed E-state index contributed by atoms with van der Waals surface area (Å²) >= 11 is 0. The summed E-state index contributed by atoms with van der Waals surface area (Å²) in [6.07, 6.45) is 0. The van der Waals surface area contributed by atoms with Crippen LogP contribution in [-0.4, -0.2) is 11.1 Å². The van der Waals surface area contributed by atoms with E-state index in [1.54, 1.807) is 6.07 Å². The average molecular weight is 235 g/mol. The van der Waals surface area contributed by atoms with Gasteiger partial charge in [-0.3, -0.25) is 0 Å². The summed E-state index contributed by atoms with van der Waals surface area (Å²) in [5, 5.41) is 19.0. The molecule has 0 atom stereocenters. The second-order valence-electron chi connectivity index (χ2n) is 1.80. The van der Waals surface area contributed by atoms with Crippen LogP contribution in [0.15, 0.2) is 24.3 Å². The smallest absolute Gasteiger partial charge is 1.00 e. The molecule has 0 saturated heterocycles. The molecule has 60 valence electrons. The molecule has 0 spiro atoms. The fourth-order valence-electron chi connectivity index (χ4n) is 0.646. The summed E-state index contributed by atoms with van der Waals surface area (Å²) in [6.45, 7) is 0. The van der Waals surface area contributed by atoms with Crippen LogP contribution in [0.4, 0.5) is 0 Å². The van der Waals surface area contributed by atoms with E-state index in [1.165, 1.54) is 18.2 Å². The minimum atomic E-state index is -1.36. The Hall–Kier alpha value is 1.42. The quantitative estimate of drug-likeness (QED) is 0.491. The molecule has 0 aliphatic heterocycles. The number of carboxylic acids is 1. The van der Waals surface area contributed by atoms with Gasteiger partial charge in [0.2, 0.25) is 0 Å². The Morgan fingerprint density at radius 1 is 1.31 bits per heavy atom. The third-order valence-corrected chi connectivity index (χ3v) is 1.12. The summed E-state index contributed by atoms with van der Waals surface area (Å²) in [7, 11) is 0. The van der Waals surface area contributed by atoms with Crippen LogP contribution >= 0.6 is 0 Å². The molecule has 0 radical (unpaired) electrons. The molecule has 0 aromatic heterocycles. The van der Waals surface area contributed by atoms with Gasteiger partial charge in [0, 0.05) is 5.56 Å². The number of para-hydroxylation sites is 1. The van der Waals surface area contributed by atoms with Gasteiger partial charge in [-0.05, 0) is 12.1 Å². The molecule has 0 amide bonds. The van der Waals surface area contributed by atoms with Crippen molar-refractivity contribution >= 4 is 5.97 Å². The van der Waals surface area contributed by atoms with Gasteiger partial charge in [-0.2, -0.15) is 0 Å². The van der Waals surface area contributed by atoms with Gasteiger partial charge in [0.1, 0.15) is 5.75 Å². The molecule has 0 saturated carbocycles. The molecule has 0 aliphatic rings. The van der Waals surface area contributed by atoms with Crippen LogP contribution in [0.1, 0.15) is 10.4 Å². The molecule has 1 rings (SSSR count). The number of hydrogen-bond acceptors (Lipinski definition) is 3. The minimum Gasteiger partial charge on any atom is -1.00 e. The molecule has 13 heavy (non-hydrogen) atoms. The molecular weight excluding hydrogens is 230 g/mol. The van der Waals surface area contributed by atoms with Crippen molar-refractivity contribution in [3.05, 3.63) is 29.8 Å². The van der Waals surface area contributed by atoms with Crippen LogP contribution in [0.2, 0.25) is 0 Å². The van der Waals surface area contributed by atoms with Crippen LogP contribution in [0.25, 0.3) is 0 Å². The monoisotopic (exact) mass is 234 g/mol. The number of phenols is 1. The molecule has 0 heterocycles. The van der Waals surface area contributed by atoms with E-state index in [9.17, 15) is 9.90 Å². The Balaban J connectivity index is -0.000000333. The molecule has 3 nitrogen and oxygen atoms in total. The van der Waals surface area contributed by atoms with Crippen molar-refractivity contribution in [2.24, 2.45) is 0 Å². The van der Waals surface area contributed by atoms with Crippen LogP contribution in [0.5, 0.6) is 5.75 Å². The Kier molecular flexibility index (Phi) is 15.2. The predicted octanol–water partition coefficient (Wildman–Crippen LogP) is -9.23. The first-order chi connectivity index (χ1) is 4.72. The third-order valence-electron chi connectivity index (χ3n) is 1.12. The van der Waals surface area contributed by atoms with Crippen LogP contribution in [0, 0.1) is 0 Å². The summed E-state index contributed by atoms with van der Waals surface area (Å²) in [6, 6.07) is 5.64. The van der Waals surface area contributed by atoms with E-state index in [2.05, 4.69) is 0 Å². The molecule has 1 aromatic carbocycles. The van der Waals surface area contributed by atoms with Gasteiger partial charge in [-0.25, -0.2) is 0 Å². The van der Waals surface area contributed by atoms with Crippen molar-refractivity contribution in [2.45, 2.75) is 0 Å². The second kappa shape index (κ2) is 9.95. The maximum absolute atomic E-state index is 10.2. The zero-order chi connectivity index (χ0) is 7.56. The molecule has 1 aromatic rings. The van der Waals surface area contributed by atoms with Crippen molar-refractivity contribution in [3.8, 4) is 5.75 Å². The predicted molar refractivity (Wildman–Crippen MR) is 32.4 cm³/mol. The zero-order valence-electron chi connectivity index (χ0n) is 7.45. The SMILES string of the molecule is O=C([O-])c1ccccc1O.[Cl-].[K+].[Na+]. The molecule has 0 unspecified atom stereocenters. The number of carboxylic acid groups (broad SMARTS) is 1. The van der Waals surface area contributed by atoms with E-state index in [4.69, 9.17) is 5.11 Å². The summed E-state index contributed by atoms with van der Waals surface area (Å²) < 4.78 is 0. The van der Waals surface area contributed by atoms with Gasteiger partial charge < -0.3 is 27.4 Å². The summed E-state index contributed by atoms with van der Waals surface area (Å²) in [5.74, 6) is -1.62. The van der Waals surface area contributed by atoms with E-state index in [1.807, 2.05) is 0 Å². The Morgan fingerprint density at radius 3 is 2.08 bits per heavy atom. The number of aromatic hydroxyl groups is 1. The van der Waals surface area contributed by atoms with E-state index in [-0.39, 0.29) is 105 Å². The number of benzene rings is 1. The van der Waals surface area contributed by atoms with Gasteiger partial charge in [0.05, 0.1) is 5.97 Å². The molecule has 1 N–H and O–H groups in total. The number of carbonyl (C=O) groups is 1. The van der Waals surface area contributed by atoms with Crippen molar-refractivity contribution in [2.75, 3.05) is 0 Å². The van der Waals surface area contributed by atoms with Crippen LogP contribution in [-0.2, 0) is 0 Å².